The van der Waals surface area contributed by atoms with Crippen LogP contribution in [0.1, 0.15) is 271 Å². The first-order chi connectivity index (χ1) is 45.6. The van der Waals surface area contributed by atoms with Crippen LogP contribution in [-0.4, -0.2) is 82.3 Å². The number of ether oxygens (including phenoxy) is 4. The molecule has 9 heteroatoms. The lowest BCUT2D eigenvalue weighted by molar-refractivity contribution is -0.870. The Morgan fingerprint density at radius 3 is 0.860 bits per heavy atom. The molecule has 524 valence electrons. The summed E-state index contributed by atoms with van der Waals surface area (Å²) >= 11 is 0. The number of hydrogen-bond donors (Lipinski definition) is 0. The molecule has 0 radical (unpaired) electrons. The van der Waals surface area contributed by atoms with Crippen molar-refractivity contribution in [2.45, 2.75) is 283 Å². The molecule has 2 atom stereocenters. The van der Waals surface area contributed by atoms with Crippen LogP contribution in [0.5, 0.6) is 0 Å². The van der Waals surface area contributed by atoms with Crippen molar-refractivity contribution in [1.82, 2.24) is 0 Å². The Morgan fingerprint density at radius 2 is 0.581 bits per heavy atom. The SMILES string of the molecule is CC/C=C\C/C=C\C/C=C\C/C=C\C/C=C\C/C=C\C/C=C\C/C=C\C/C=C\CCCCCCCCCC(=O)OC(COC(=O)CCCCCCCCCCCCCCCC/C=C\C/C=C\C/C=C\C/C=C\C/C=C\C/C=C\CC)COC(OCC[N+](C)(C)C)C(=O)[O-]. The van der Waals surface area contributed by atoms with Gasteiger partial charge in [-0.15, -0.1) is 0 Å². The van der Waals surface area contributed by atoms with Crippen LogP contribution in [0.2, 0.25) is 0 Å². The number of hydrogen-bond acceptors (Lipinski definition) is 8. The quantitative estimate of drug-likeness (QED) is 0.0195. The van der Waals surface area contributed by atoms with Crippen LogP contribution >= 0.6 is 0 Å². The molecular weight excluding hydrogens is 1150 g/mol. The van der Waals surface area contributed by atoms with Gasteiger partial charge in [-0.25, -0.2) is 0 Å². The number of likely N-dealkylation sites (N-methyl/N-ethyl adjacent to an activating group) is 1. The molecule has 2 unspecified atom stereocenters. The van der Waals surface area contributed by atoms with E-state index in [4.69, 9.17) is 18.9 Å². The summed E-state index contributed by atoms with van der Waals surface area (Å²) in [6.45, 7) is 4.50. The predicted octanol–water partition coefficient (Wildman–Crippen LogP) is 22.2. The van der Waals surface area contributed by atoms with Crippen LogP contribution < -0.4 is 5.11 Å². The van der Waals surface area contributed by atoms with Gasteiger partial charge in [0.2, 0.25) is 0 Å². The molecule has 0 aromatic carbocycles. The second kappa shape index (κ2) is 72.2. The number of nitrogens with zero attached hydrogens (tertiary/aromatic N) is 1. The summed E-state index contributed by atoms with van der Waals surface area (Å²) in [5.41, 5.74) is 0. The fraction of sp³-hybridized carbons (Fsp3) is 0.607. The molecule has 0 aromatic rings. The second-order valence-electron chi connectivity index (χ2n) is 25.1. The van der Waals surface area contributed by atoms with Gasteiger partial charge in [-0.05, 0) is 135 Å². The van der Waals surface area contributed by atoms with E-state index in [1.807, 2.05) is 21.1 Å². The van der Waals surface area contributed by atoms with Gasteiger partial charge in [0.15, 0.2) is 12.4 Å². The number of carboxylic acids is 1. The molecule has 0 saturated heterocycles. The van der Waals surface area contributed by atoms with Gasteiger partial charge in [0, 0.05) is 12.8 Å². The highest BCUT2D eigenvalue weighted by Gasteiger charge is 2.22. The minimum atomic E-state index is -1.64. The number of allylic oxidation sites excluding steroid dienone is 30. The zero-order valence-corrected chi connectivity index (χ0v) is 59.8. The predicted molar refractivity (Wildman–Crippen MR) is 398 cm³/mol. The summed E-state index contributed by atoms with van der Waals surface area (Å²) in [4.78, 5) is 37.6. The number of carboxylic acid groups (broad SMARTS) is 1. The normalized spacial score (nSPS) is 13.8. The molecule has 0 fully saturated rings. The Labute approximate surface area is 570 Å². The molecular formula is C84H135NO8. The average molecular weight is 1290 g/mol. The van der Waals surface area contributed by atoms with Gasteiger partial charge in [-0.2, -0.15) is 0 Å². The van der Waals surface area contributed by atoms with E-state index in [-0.39, 0.29) is 38.6 Å². The lowest BCUT2D eigenvalue weighted by Crippen LogP contribution is -2.44. The van der Waals surface area contributed by atoms with Crippen molar-refractivity contribution in [3.8, 4) is 0 Å². The van der Waals surface area contributed by atoms with Crippen molar-refractivity contribution in [2.75, 3.05) is 47.5 Å². The lowest BCUT2D eigenvalue weighted by Gasteiger charge is -2.26. The van der Waals surface area contributed by atoms with E-state index in [0.29, 0.717) is 17.4 Å². The molecule has 0 bridgehead atoms. The van der Waals surface area contributed by atoms with Gasteiger partial charge in [0.25, 0.3) is 0 Å². The van der Waals surface area contributed by atoms with Gasteiger partial charge < -0.3 is 33.3 Å². The highest BCUT2D eigenvalue weighted by atomic mass is 16.7. The number of carbonyl (C=O) groups excluding carboxylic acids is 3. The van der Waals surface area contributed by atoms with Crippen molar-refractivity contribution >= 4 is 17.9 Å². The minimum Gasteiger partial charge on any atom is -0.545 e. The van der Waals surface area contributed by atoms with E-state index in [9.17, 15) is 19.5 Å². The summed E-state index contributed by atoms with van der Waals surface area (Å²) in [5, 5.41) is 11.8. The first-order valence-corrected chi connectivity index (χ1v) is 36.9. The van der Waals surface area contributed by atoms with Crippen LogP contribution in [-0.2, 0) is 33.3 Å². The van der Waals surface area contributed by atoms with E-state index in [1.165, 1.54) is 96.3 Å². The topological polar surface area (TPSA) is 111 Å². The van der Waals surface area contributed by atoms with Crippen molar-refractivity contribution in [3.63, 3.8) is 0 Å². The Bertz CT molecular complexity index is 2190. The highest BCUT2D eigenvalue weighted by molar-refractivity contribution is 5.70. The highest BCUT2D eigenvalue weighted by Crippen LogP contribution is 2.16. The van der Waals surface area contributed by atoms with Crippen LogP contribution in [0.25, 0.3) is 0 Å². The number of unbranched alkanes of at least 4 members (excludes halogenated alkanes) is 21. The van der Waals surface area contributed by atoms with Crippen LogP contribution in [0, 0.1) is 0 Å². The van der Waals surface area contributed by atoms with E-state index in [1.54, 1.807) is 0 Å². The van der Waals surface area contributed by atoms with E-state index >= 15 is 0 Å². The lowest BCUT2D eigenvalue weighted by atomic mass is 10.0. The monoisotopic (exact) mass is 1290 g/mol. The summed E-state index contributed by atoms with van der Waals surface area (Å²) in [7, 11) is 5.92. The van der Waals surface area contributed by atoms with E-state index in [0.717, 1.165) is 141 Å². The van der Waals surface area contributed by atoms with Gasteiger partial charge in [0.05, 0.1) is 40.3 Å². The zero-order valence-electron chi connectivity index (χ0n) is 59.8. The number of rotatable bonds is 66. The van der Waals surface area contributed by atoms with E-state index < -0.39 is 24.3 Å². The fourth-order valence-electron chi connectivity index (χ4n) is 9.59. The Morgan fingerprint density at radius 1 is 0.323 bits per heavy atom. The molecule has 0 aliphatic heterocycles. The largest absolute Gasteiger partial charge is 0.545 e. The third kappa shape index (κ3) is 73.7. The zero-order chi connectivity index (χ0) is 67.5. The summed E-state index contributed by atoms with van der Waals surface area (Å²) in [6.07, 6.45) is 107. The fourth-order valence-corrected chi connectivity index (χ4v) is 9.59. The standard InChI is InChI=1S/C84H135NO8/c1-6-8-10-12-14-16-18-20-22-24-26-28-30-32-34-36-38-40-41-43-45-47-49-51-53-55-57-59-61-63-65-67-69-71-73-75-82(87)93-80(79-92-84(83(88)89)90-77-76-85(3,4)5)78-91-81(86)74-72-70-68-66-64-62-60-58-56-54-52-50-48-46-44-42-39-37-35-33-31-29-27-25-23-21-19-17-15-13-11-9-7-2/h8-11,14-17,20-23,26-29,32-35,38-40,42-43,45,49,51,55,57,80,84H,6-7,12-13,18-19,24-25,30-31,36-37,41,44,46-48,50,52-54,56,58-79H2,1-5H3/b10-8-,11-9-,16-14-,17-15-,22-20-,23-21-,28-26-,29-27-,34-32-,35-33-,40-38-,42-39-,45-43-,51-49-,57-55-. The maximum Gasteiger partial charge on any atom is 0.306 e. The average Bonchev–Trinajstić information content (AvgIpc) is 3.74. The Hall–Kier alpha value is -5.61. The third-order valence-electron chi connectivity index (χ3n) is 15.1. The summed E-state index contributed by atoms with van der Waals surface area (Å²) < 4.78 is 22.8. The summed E-state index contributed by atoms with van der Waals surface area (Å²) in [6, 6.07) is 0. The molecule has 0 aliphatic carbocycles. The first-order valence-electron chi connectivity index (χ1n) is 36.9. The molecule has 0 aliphatic rings. The Balaban J connectivity index is 4.18. The molecule has 93 heavy (non-hydrogen) atoms. The number of quaternary nitrogens is 1. The van der Waals surface area contributed by atoms with Gasteiger partial charge in [-0.3, -0.25) is 9.59 Å². The van der Waals surface area contributed by atoms with Crippen molar-refractivity contribution in [2.24, 2.45) is 0 Å². The molecule has 0 N–H and O–H groups in total. The number of carbonyl (C=O) groups is 3. The maximum atomic E-state index is 13.0. The van der Waals surface area contributed by atoms with Gasteiger partial charge in [-0.1, -0.05) is 305 Å². The van der Waals surface area contributed by atoms with Gasteiger partial charge in [0.1, 0.15) is 13.2 Å². The smallest absolute Gasteiger partial charge is 0.306 e. The molecule has 9 nitrogen and oxygen atoms in total. The molecule has 0 rings (SSSR count). The van der Waals surface area contributed by atoms with Crippen molar-refractivity contribution in [1.29, 1.82) is 0 Å². The number of aliphatic carboxylic acids is 1. The van der Waals surface area contributed by atoms with Crippen molar-refractivity contribution in [3.05, 3.63) is 182 Å². The molecule has 0 saturated carbocycles. The van der Waals surface area contributed by atoms with Crippen LogP contribution in [0.3, 0.4) is 0 Å². The minimum absolute atomic E-state index is 0.136. The molecule has 0 spiro atoms. The second-order valence-corrected chi connectivity index (χ2v) is 25.1. The first kappa shape index (κ1) is 87.4. The summed E-state index contributed by atoms with van der Waals surface area (Å²) in [5.74, 6) is -2.31. The maximum absolute atomic E-state index is 13.0. The number of esters is 2. The van der Waals surface area contributed by atoms with E-state index in [2.05, 4.69) is 196 Å². The van der Waals surface area contributed by atoms with Crippen LogP contribution in [0.4, 0.5) is 0 Å². The molecule has 0 heterocycles. The third-order valence-corrected chi connectivity index (χ3v) is 15.1. The van der Waals surface area contributed by atoms with Crippen LogP contribution in [0.15, 0.2) is 182 Å². The van der Waals surface area contributed by atoms with Gasteiger partial charge >= 0.3 is 11.9 Å². The Kier molecular flexibility index (Phi) is 67.9. The molecule has 0 amide bonds. The molecule has 0 aromatic heterocycles. The van der Waals surface area contributed by atoms with Crippen molar-refractivity contribution < 1.29 is 42.9 Å².